The van der Waals surface area contributed by atoms with E-state index in [0.717, 1.165) is 82.3 Å². The first kappa shape index (κ1) is 44.2. The Hall–Kier alpha value is -5.44. The number of sulfonamides is 2. The standard InChI is InChI=1S/C21H24FN5O3S.C21H22FN5O3S.CH4/c2*1-31(28,29)26-9-6-14(7-10-26)17-12-23-20(27-13-24-25-21(17)27)5-2-15-16-8-11-30-19(16)4-3-18(15)22;/h3-4,12-14H,2,5-11H2,1H3;3-4,6,12-13H,2,5,7-11H2,1H3;1H4. The van der Waals surface area contributed by atoms with Crippen LogP contribution < -0.4 is 9.47 Å². The molecule has 0 unspecified atom stereocenters. The second-order valence-electron chi connectivity index (χ2n) is 16.0. The molecule has 0 aliphatic carbocycles. The molecule has 20 heteroatoms. The van der Waals surface area contributed by atoms with Crippen LogP contribution in [0.15, 0.2) is 55.4 Å². The Labute approximate surface area is 365 Å². The van der Waals surface area contributed by atoms with E-state index in [0.29, 0.717) is 88.3 Å². The molecule has 2 aromatic carbocycles. The van der Waals surface area contributed by atoms with E-state index in [-0.39, 0.29) is 25.0 Å². The van der Waals surface area contributed by atoms with Crippen LogP contribution in [-0.4, -0.2) is 117 Å². The lowest BCUT2D eigenvalue weighted by atomic mass is 9.91. The molecule has 8 heterocycles. The minimum Gasteiger partial charge on any atom is -0.493 e. The van der Waals surface area contributed by atoms with Gasteiger partial charge in [0.2, 0.25) is 20.0 Å². The van der Waals surface area contributed by atoms with Gasteiger partial charge in [-0.2, -0.15) is 4.31 Å². The lowest BCUT2D eigenvalue weighted by molar-refractivity contribution is 0.321. The Morgan fingerprint density at radius 3 is 1.76 bits per heavy atom. The van der Waals surface area contributed by atoms with Gasteiger partial charge in [-0.3, -0.25) is 8.80 Å². The molecule has 0 saturated carbocycles. The molecule has 0 spiro atoms. The van der Waals surface area contributed by atoms with Gasteiger partial charge in [0.1, 0.15) is 47.4 Å². The SMILES string of the molecule is C.CS(=O)(=O)N1CC=C(c2cnc(CCc3c(F)ccc4c3CCO4)n3cnnc23)CC1.CS(=O)(=O)N1CCC(c2cnc(CCc3c(F)ccc4c3CCO4)n3cnnc23)CC1. The van der Waals surface area contributed by atoms with Crippen LogP contribution in [0.3, 0.4) is 0 Å². The van der Waals surface area contributed by atoms with E-state index in [2.05, 4.69) is 30.4 Å². The van der Waals surface area contributed by atoms with Crippen molar-refractivity contribution in [3.8, 4) is 11.5 Å². The molecule has 0 atom stereocenters. The van der Waals surface area contributed by atoms with E-state index in [1.165, 1.54) is 33.3 Å². The lowest BCUT2D eigenvalue weighted by Crippen LogP contribution is -2.37. The number of hydrogen-bond donors (Lipinski definition) is 0. The highest BCUT2D eigenvalue weighted by atomic mass is 32.2. The van der Waals surface area contributed by atoms with Gasteiger partial charge in [0.15, 0.2) is 11.3 Å². The summed E-state index contributed by atoms with van der Waals surface area (Å²) in [6.45, 7) is 2.91. The van der Waals surface area contributed by atoms with Crippen LogP contribution >= 0.6 is 0 Å². The summed E-state index contributed by atoms with van der Waals surface area (Å²) in [6, 6.07) is 6.31. The minimum atomic E-state index is -3.21. The molecule has 63 heavy (non-hydrogen) atoms. The molecule has 1 fully saturated rings. The van der Waals surface area contributed by atoms with E-state index in [4.69, 9.17) is 9.47 Å². The van der Waals surface area contributed by atoms with Crippen LogP contribution in [0, 0.1) is 11.6 Å². The monoisotopic (exact) mass is 904 g/mol. The second-order valence-corrected chi connectivity index (χ2v) is 20.0. The highest BCUT2D eigenvalue weighted by Crippen LogP contribution is 2.34. The third-order valence-electron chi connectivity index (χ3n) is 12.3. The number of aromatic nitrogens is 8. The van der Waals surface area contributed by atoms with Gasteiger partial charge >= 0.3 is 0 Å². The van der Waals surface area contributed by atoms with E-state index in [9.17, 15) is 25.6 Å². The Morgan fingerprint density at radius 2 is 1.22 bits per heavy atom. The number of aryl methyl sites for hydroxylation is 2. The number of hydrogen-bond acceptors (Lipinski definition) is 12. The molecule has 334 valence electrons. The summed E-state index contributed by atoms with van der Waals surface area (Å²) < 4.78 is 93.8. The van der Waals surface area contributed by atoms with Gasteiger partial charge in [-0.25, -0.2) is 39.9 Å². The van der Waals surface area contributed by atoms with Gasteiger partial charge in [-0.1, -0.05) is 13.5 Å². The lowest BCUT2D eigenvalue weighted by Gasteiger charge is -2.30. The van der Waals surface area contributed by atoms with Crippen molar-refractivity contribution in [3.63, 3.8) is 0 Å². The number of nitrogens with zero attached hydrogens (tertiary/aromatic N) is 10. The molecule has 0 N–H and O–H groups in total. The maximum atomic E-state index is 14.5. The number of benzene rings is 2. The zero-order chi connectivity index (χ0) is 43.2. The summed E-state index contributed by atoms with van der Waals surface area (Å²) >= 11 is 0. The van der Waals surface area contributed by atoms with Crippen LogP contribution in [0.1, 0.15) is 77.6 Å². The average Bonchev–Trinajstić information content (AvgIpc) is 4.10. The Kier molecular flexibility index (Phi) is 12.6. The molecule has 1 saturated heterocycles. The smallest absolute Gasteiger partial charge is 0.211 e. The highest BCUT2D eigenvalue weighted by Gasteiger charge is 2.29. The Balaban J connectivity index is 0.000000170. The summed E-state index contributed by atoms with van der Waals surface area (Å²) in [7, 11) is -6.38. The first-order chi connectivity index (χ1) is 29.8. The molecule has 10 rings (SSSR count). The van der Waals surface area contributed by atoms with Crippen molar-refractivity contribution >= 4 is 36.9 Å². The maximum Gasteiger partial charge on any atom is 0.211 e. The molecule has 16 nitrogen and oxygen atoms in total. The molecule has 0 amide bonds. The molecule has 4 aliphatic heterocycles. The average molecular weight is 905 g/mol. The van der Waals surface area contributed by atoms with E-state index >= 15 is 0 Å². The summed E-state index contributed by atoms with van der Waals surface area (Å²) in [6.07, 6.45) is 16.8. The van der Waals surface area contributed by atoms with Gasteiger partial charge in [-0.05, 0) is 79.0 Å². The minimum absolute atomic E-state index is 0. The summed E-state index contributed by atoms with van der Waals surface area (Å²) in [5.41, 5.74) is 7.50. The predicted molar refractivity (Wildman–Crippen MR) is 232 cm³/mol. The number of halogens is 2. The van der Waals surface area contributed by atoms with E-state index in [1.807, 2.05) is 21.1 Å². The van der Waals surface area contributed by atoms with Crippen LogP contribution in [0.4, 0.5) is 8.78 Å². The topological polar surface area (TPSA) is 179 Å². The Bertz CT molecular complexity index is 2930. The van der Waals surface area contributed by atoms with Crippen molar-refractivity contribution in [1.29, 1.82) is 0 Å². The van der Waals surface area contributed by atoms with Crippen molar-refractivity contribution in [2.24, 2.45) is 0 Å². The normalized spacial score (nSPS) is 17.0. The number of fused-ring (bicyclic) bond motifs is 4. The largest absolute Gasteiger partial charge is 0.493 e. The molecular weight excluding hydrogens is 855 g/mol. The maximum absolute atomic E-state index is 14.5. The van der Waals surface area contributed by atoms with Crippen LogP contribution in [-0.2, 0) is 58.6 Å². The van der Waals surface area contributed by atoms with Crippen molar-refractivity contribution < 1.29 is 35.1 Å². The fraction of sp³-hybridized carbons (Fsp3) is 0.442. The van der Waals surface area contributed by atoms with Crippen molar-refractivity contribution in [1.82, 2.24) is 47.8 Å². The summed E-state index contributed by atoms with van der Waals surface area (Å²) in [5.74, 6) is 2.80. The Morgan fingerprint density at radius 1 is 0.683 bits per heavy atom. The third kappa shape index (κ3) is 9.03. The third-order valence-corrected chi connectivity index (χ3v) is 14.8. The zero-order valence-electron chi connectivity index (χ0n) is 34.4. The van der Waals surface area contributed by atoms with Gasteiger partial charge < -0.3 is 9.47 Å². The van der Waals surface area contributed by atoms with Crippen LogP contribution in [0.25, 0.3) is 16.9 Å². The van der Waals surface area contributed by atoms with Gasteiger partial charge in [0, 0.05) is 86.5 Å². The molecule has 0 bridgehead atoms. The number of ether oxygens (including phenoxy) is 2. The molecule has 4 aliphatic rings. The van der Waals surface area contributed by atoms with Crippen LogP contribution in [0.5, 0.6) is 11.5 Å². The number of piperidine rings is 1. The van der Waals surface area contributed by atoms with Crippen LogP contribution in [0.2, 0.25) is 0 Å². The second kappa shape index (κ2) is 18.0. The quantitative estimate of drug-likeness (QED) is 0.184. The fourth-order valence-electron chi connectivity index (χ4n) is 8.98. The van der Waals surface area contributed by atoms with E-state index < -0.39 is 20.0 Å². The molecule has 6 aromatic rings. The van der Waals surface area contributed by atoms with Gasteiger partial charge in [0.05, 0.1) is 25.7 Å². The molecule has 4 aromatic heterocycles. The first-order valence-corrected chi connectivity index (χ1v) is 24.3. The summed E-state index contributed by atoms with van der Waals surface area (Å²) in [4.78, 5) is 9.27. The van der Waals surface area contributed by atoms with Crippen molar-refractivity contribution in [3.05, 3.63) is 112 Å². The molecule has 0 radical (unpaired) electrons. The fourth-order valence-corrected chi connectivity index (χ4v) is 10.6. The van der Waals surface area contributed by atoms with E-state index in [1.54, 1.807) is 31.0 Å². The van der Waals surface area contributed by atoms with Crippen molar-refractivity contribution in [2.75, 3.05) is 51.9 Å². The highest BCUT2D eigenvalue weighted by molar-refractivity contribution is 7.88. The van der Waals surface area contributed by atoms with Gasteiger partial charge in [0.25, 0.3) is 0 Å². The summed E-state index contributed by atoms with van der Waals surface area (Å²) in [5, 5.41) is 16.7. The molecular formula is C43H50F2N10O6S2. The van der Waals surface area contributed by atoms with Gasteiger partial charge in [-0.15, -0.1) is 20.4 Å². The first-order valence-electron chi connectivity index (χ1n) is 20.6. The van der Waals surface area contributed by atoms with Crippen molar-refractivity contribution in [2.45, 2.75) is 71.1 Å². The zero-order valence-corrected chi connectivity index (χ0v) is 36.0. The number of rotatable bonds is 10. The predicted octanol–water partition coefficient (Wildman–Crippen LogP) is 4.79.